The van der Waals surface area contributed by atoms with Crippen LogP contribution in [0.25, 0.3) is 0 Å². The number of ether oxygens (including phenoxy) is 1. The zero-order valence-corrected chi connectivity index (χ0v) is 14.7. The minimum absolute atomic E-state index is 0.0129. The summed E-state index contributed by atoms with van der Waals surface area (Å²) >= 11 is 0. The molecule has 0 bridgehead atoms. The first-order chi connectivity index (χ1) is 12.8. The molecule has 0 saturated heterocycles. The fraction of sp³-hybridized carbons (Fsp3) is 0.263. The van der Waals surface area contributed by atoms with Gasteiger partial charge in [-0.3, -0.25) is 4.79 Å². The quantitative estimate of drug-likeness (QED) is 0.834. The van der Waals surface area contributed by atoms with E-state index in [1.165, 1.54) is 13.2 Å². The highest BCUT2D eigenvalue weighted by atomic mass is 19.4. The van der Waals surface area contributed by atoms with Gasteiger partial charge in [0.15, 0.2) is 0 Å². The van der Waals surface area contributed by atoms with Crippen LogP contribution in [-0.4, -0.2) is 18.7 Å². The van der Waals surface area contributed by atoms with Gasteiger partial charge >= 0.3 is 6.18 Å². The molecule has 2 aromatic rings. The lowest BCUT2D eigenvalue weighted by Gasteiger charge is -2.19. The number of methoxy groups -OCH3 is 1. The molecule has 0 fully saturated rings. The SMILES string of the molecule is COc1ccc(C(F)(F)F)cc1Nc1ccc(C2=NNC(=O)CC2C)cc1. The normalized spacial score (nSPS) is 17.1. The van der Waals surface area contributed by atoms with Gasteiger partial charge in [0, 0.05) is 18.0 Å². The summed E-state index contributed by atoms with van der Waals surface area (Å²) in [5.74, 6) is 0.169. The average Bonchev–Trinajstić information content (AvgIpc) is 2.62. The van der Waals surface area contributed by atoms with E-state index >= 15 is 0 Å². The molecule has 0 radical (unpaired) electrons. The number of hydrogen-bond donors (Lipinski definition) is 2. The Morgan fingerprint density at radius 3 is 2.48 bits per heavy atom. The predicted octanol–water partition coefficient (Wildman–Crippen LogP) is 4.32. The van der Waals surface area contributed by atoms with Crippen molar-refractivity contribution >= 4 is 23.0 Å². The molecular formula is C19H18F3N3O2. The summed E-state index contributed by atoms with van der Waals surface area (Å²) in [6, 6.07) is 10.3. The van der Waals surface area contributed by atoms with E-state index < -0.39 is 11.7 Å². The number of hydrogen-bond acceptors (Lipinski definition) is 4. The molecule has 1 amide bonds. The van der Waals surface area contributed by atoms with Gasteiger partial charge < -0.3 is 10.1 Å². The average molecular weight is 377 g/mol. The van der Waals surface area contributed by atoms with Crippen LogP contribution in [0.4, 0.5) is 24.5 Å². The van der Waals surface area contributed by atoms with Gasteiger partial charge in [0.25, 0.3) is 0 Å². The van der Waals surface area contributed by atoms with E-state index in [2.05, 4.69) is 15.8 Å². The van der Waals surface area contributed by atoms with Gasteiger partial charge in [-0.15, -0.1) is 0 Å². The fourth-order valence-electron chi connectivity index (χ4n) is 2.86. The third kappa shape index (κ3) is 4.21. The predicted molar refractivity (Wildman–Crippen MR) is 96.2 cm³/mol. The second-order valence-electron chi connectivity index (χ2n) is 6.25. The van der Waals surface area contributed by atoms with Crippen LogP contribution in [0.15, 0.2) is 47.6 Å². The second-order valence-corrected chi connectivity index (χ2v) is 6.25. The number of hydrazone groups is 1. The van der Waals surface area contributed by atoms with E-state index in [4.69, 9.17) is 4.74 Å². The number of halogens is 3. The summed E-state index contributed by atoms with van der Waals surface area (Å²) in [5, 5.41) is 7.04. The number of alkyl halides is 3. The van der Waals surface area contributed by atoms with Crippen molar-refractivity contribution in [2.45, 2.75) is 19.5 Å². The fourth-order valence-corrected chi connectivity index (χ4v) is 2.86. The van der Waals surface area contributed by atoms with Crippen LogP contribution in [0.5, 0.6) is 5.75 Å². The van der Waals surface area contributed by atoms with Gasteiger partial charge in [0.05, 0.1) is 24.1 Å². The molecule has 2 N–H and O–H groups in total. The molecule has 8 heteroatoms. The summed E-state index contributed by atoms with van der Waals surface area (Å²) in [6.45, 7) is 1.91. The number of benzene rings is 2. The van der Waals surface area contributed by atoms with Crippen molar-refractivity contribution in [1.29, 1.82) is 0 Å². The number of nitrogens with zero attached hydrogens (tertiary/aromatic N) is 1. The lowest BCUT2D eigenvalue weighted by Crippen LogP contribution is -2.31. The highest BCUT2D eigenvalue weighted by Gasteiger charge is 2.31. The summed E-state index contributed by atoms with van der Waals surface area (Å²) in [7, 11) is 1.40. The summed E-state index contributed by atoms with van der Waals surface area (Å²) in [4.78, 5) is 11.3. The van der Waals surface area contributed by atoms with E-state index in [1.54, 1.807) is 24.3 Å². The first-order valence-electron chi connectivity index (χ1n) is 8.27. The molecule has 1 unspecified atom stereocenters. The Morgan fingerprint density at radius 2 is 1.89 bits per heavy atom. The summed E-state index contributed by atoms with van der Waals surface area (Å²) in [5.41, 5.74) is 4.12. The largest absolute Gasteiger partial charge is 0.495 e. The maximum absolute atomic E-state index is 13.0. The zero-order valence-electron chi connectivity index (χ0n) is 14.7. The number of rotatable bonds is 4. The lowest BCUT2D eigenvalue weighted by molar-refractivity contribution is -0.137. The molecule has 3 rings (SSSR count). The molecule has 142 valence electrons. The Kier molecular flexibility index (Phi) is 5.07. The Morgan fingerprint density at radius 1 is 1.19 bits per heavy atom. The van der Waals surface area contributed by atoms with Gasteiger partial charge in [-0.1, -0.05) is 19.1 Å². The number of carbonyl (C=O) groups excluding carboxylic acids is 1. The van der Waals surface area contributed by atoms with Crippen LogP contribution in [0.2, 0.25) is 0 Å². The van der Waals surface area contributed by atoms with Crippen LogP contribution in [0.1, 0.15) is 24.5 Å². The van der Waals surface area contributed by atoms with E-state index in [9.17, 15) is 18.0 Å². The van der Waals surface area contributed by atoms with Crippen LogP contribution >= 0.6 is 0 Å². The number of nitrogens with one attached hydrogen (secondary N) is 2. The summed E-state index contributed by atoms with van der Waals surface area (Å²) in [6.07, 6.45) is -4.08. The van der Waals surface area contributed by atoms with Crippen LogP contribution in [0, 0.1) is 5.92 Å². The number of carbonyl (C=O) groups is 1. The Balaban J connectivity index is 1.84. The Labute approximate surface area is 154 Å². The topological polar surface area (TPSA) is 62.7 Å². The van der Waals surface area contributed by atoms with Crippen molar-refractivity contribution in [2.75, 3.05) is 12.4 Å². The molecule has 0 spiro atoms. The van der Waals surface area contributed by atoms with Gasteiger partial charge in [-0.05, 0) is 35.9 Å². The first-order valence-corrected chi connectivity index (χ1v) is 8.27. The van der Waals surface area contributed by atoms with E-state index in [1.807, 2.05) is 6.92 Å². The Bertz CT molecular complexity index is 877. The van der Waals surface area contributed by atoms with Crippen LogP contribution in [-0.2, 0) is 11.0 Å². The van der Waals surface area contributed by atoms with Gasteiger partial charge in [0.1, 0.15) is 5.75 Å². The van der Waals surface area contributed by atoms with Crippen molar-refractivity contribution in [3.05, 3.63) is 53.6 Å². The maximum atomic E-state index is 13.0. The van der Waals surface area contributed by atoms with Crippen LogP contribution in [0.3, 0.4) is 0 Å². The van der Waals surface area contributed by atoms with Crippen LogP contribution < -0.4 is 15.5 Å². The van der Waals surface area contributed by atoms with E-state index in [0.29, 0.717) is 17.9 Å². The smallest absolute Gasteiger partial charge is 0.416 e. The highest BCUT2D eigenvalue weighted by Crippen LogP contribution is 2.36. The molecule has 0 saturated carbocycles. The number of amides is 1. The van der Waals surface area contributed by atoms with Crippen molar-refractivity contribution in [3.63, 3.8) is 0 Å². The third-order valence-corrected chi connectivity index (χ3v) is 4.25. The minimum Gasteiger partial charge on any atom is -0.495 e. The van der Waals surface area contributed by atoms with Crippen molar-refractivity contribution in [1.82, 2.24) is 5.43 Å². The maximum Gasteiger partial charge on any atom is 0.416 e. The molecule has 0 aliphatic carbocycles. The third-order valence-electron chi connectivity index (χ3n) is 4.25. The molecule has 1 heterocycles. The molecule has 1 aliphatic rings. The molecule has 27 heavy (non-hydrogen) atoms. The monoisotopic (exact) mass is 377 g/mol. The molecule has 1 atom stereocenters. The minimum atomic E-state index is -4.44. The highest BCUT2D eigenvalue weighted by molar-refractivity contribution is 6.05. The summed E-state index contributed by atoms with van der Waals surface area (Å²) < 4.78 is 44.0. The molecular weight excluding hydrogens is 359 g/mol. The lowest BCUT2D eigenvalue weighted by atomic mass is 9.94. The van der Waals surface area contributed by atoms with Gasteiger partial charge in [-0.2, -0.15) is 18.3 Å². The van der Waals surface area contributed by atoms with Crippen molar-refractivity contribution in [3.8, 4) is 5.75 Å². The van der Waals surface area contributed by atoms with Gasteiger partial charge in [0.2, 0.25) is 5.91 Å². The van der Waals surface area contributed by atoms with E-state index in [0.717, 1.165) is 23.4 Å². The van der Waals surface area contributed by atoms with Gasteiger partial charge in [-0.25, -0.2) is 5.43 Å². The van der Waals surface area contributed by atoms with E-state index in [-0.39, 0.29) is 17.5 Å². The molecule has 2 aromatic carbocycles. The van der Waals surface area contributed by atoms with Crippen molar-refractivity contribution < 1.29 is 22.7 Å². The second kappa shape index (κ2) is 7.30. The first kappa shape index (κ1) is 18.8. The standard InChI is InChI=1S/C19H18F3N3O2/c1-11-9-17(26)24-25-18(11)12-3-6-14(7-4-12)23-15-10-13(19(20,21)22)5-8-16(15)27-2/h3-8,10-11,23H,9H2,1-2H3,(H,24,26). The molecule has 1 aliphatic heterocycles. The number of anilines is 2. The zero-order chi connectivity index (χ0) is 19.6. The Hall–Kier alpha value is -3.03. The molecule has 0 aromatic heterocycles. The van der Waals surface area contributed by atoms with Crippen molar-refractivity contribution in [2.24, 2.45) is 11.0 Å². The molecule has 5 nitrogen and oxygen atoms in total.